The summed E-state index contributed by atoms with van der Waals surface area (Å²) in [5.74, 6) is -1.61. The van der Waals surface area contributed by atoms with E-state index in [1.165, 1.54) is 0 Å². The zero-order chi connectivity index (χ0) is 16.4. The summed E-state index contributed by atoms with van der Waals surface area (Å²) in [6.45, 7) is -0.00999. The molecule has 1 aromatic heterocycles. The molecule has 0 aliphatic rings. The molecule has 5 nitrogen and oxygen atoms in total. The maximum absolute atomic E-state index is 12.4. The van der Waals surface area contributed by atoms with Crippen LogP contribution < -0.4 is 0 Å². The molecular weight excluding hydrogens is 403 g/mol. The Morgan fingerprint density at radius 2 is 2.05 bits per heavy atom. The van der Waals surface area contributed by atoms with Gasteiger partial charge in [-0.25, -0.2) is 8.42 Å². The van der Waals surface area contributed by atoms with E-state index < -0.39 is 38.3 Å². The first kappa shape index (κ1) is 18.3. The lowest BCUT2D eigenvalue weighted by molar-refractivity contribution is -0.140. The van der Waals surface area contributed by atoms with Gasteiger partial charge >= 0.3 is 6.18 Å². The molecule has 0 aliphatic carbocycles. The van der Waals surface area contributed by atoms with Gasteiger partial charge in [0.2, 0.25) is 0 Å². The van der Waals surface area contributed by atoms with Crippen molar-refractivity contribution in [2.24, 2.45) is 0 Å². The first-order valence-electron chi connectivity index (χ1n) is 5.55. The summed E-state index contributed by atoms with van der Waals surface area (Å²) in [5.41, 5.74) is 0. The molecule has 21 heavy (non-hydrogen) atoms. The predicted molar refractivity (Wildman–Crippen MR) is 71.7 cm³/mol. The Hall–Kier alpha value is -0.740. The number of carbonyl (C=O) groups is 1. The molecule has 120 valence electrons. The molecule has 1 aromatic rings. The van der Waals surface area contributed by atoms with Gasteiger partial charge in [0.1, 0.15) is 11.4 Å². The van der Waals surface area contributed by atoms with Crippen LogP contribution in [0.3, 0.4) is 0 Å². The number of hydrogen-bond donors (Lipinski definition) is 0. The van der Waals surface area contributed by atoms with E-state index in [0.29, 0.717) is 11.3 Å². The molecule has 1 amide bonds. The van der Waals surface area contributed by atoms with Crippen molar-refractivity contribution < 1.29 is 30.8 Å². The highest BCUT2D eigenvalue weighted by Gasteiger charge is 2.34. The van der Waals surface area contributed by atoms with E-state index in [1.54, 1.807) is 6.92 Å². The van der Waals surface area contributed by atoms with Gasteiger partial charge in [-0.3, -0.25) is 4.79 Å². The van der Waals surface area contributed by atoms with Crippen LogP contribution in [0.25, 0.3) is 0 Å². The molecule has 0 unspecified atom stereocenters. The molecular formula is C10H10BrClF3NO4S. The highest BCUT2D eigenvalue weighted by molar-refractivity contribution is 9.10. The second kappa shape index (κ2) is 6.57. The highest BCUT2D eigenvalue weighted by Crippen LogP contribution is 2.30. The maximum Gasteiger partial charge on any atom is 0.406 e. The zero-order valence-corrected chi connectivity index (χ0v) is 13.7. The van der Waals surface area contributed by atoms with Crippen LogP contribution in [0.15, 0.2) is 20.0 Å². The van der Waals surface area contributed by atoms with Crippen molar-refractivity contribution in [3.05, 3.63) is 16.5 Å². The lowest BCUT2D eigenvalue weighted by Crippen LogP contribution is -2.39. The van der Waals surface area contributed by atoms with Gasteiger partial charge < -0.3 is 9.32 Å². The first-order chi connectivity index (χ1) is 9.45. The van der Waals surface area contributed by atoms with Crippen LogP contribution in [0.4, 0.5) is 13.2 Å². The summed E-state index contributed by atoms with van der Waals surface area (Å²) in [6, 6.07) is 0.786. The van der Waals surface area contributed by atoms with Crippen LogP contribution in [-0.4, -0.2) is 38.5 Å². The molecule has 0 atom stereocenters. The summed E-state index contributed by atoms with van der Waals surface area (Å²) in [7, 11) is 0.926. The second-order valence-corrected chi connectivity index (χ2v) is 7.28. The number of halogens is 5. The number of nitrogens with zero attached hydrogens (tertiary/aromatic N) is 1. The summed E-state index contributed by atoms with van der Waals surface area (Å²) in [4.78, 5) is 12.0. The Labute approximate surface area is 131 Å². The molecule has 0 fully saturated rings. The molecule has 1 heterocycles. The van der Waals surface area contributed by atoms with Crippen molar-refractivity contribution in [3.63, 3.8) is 0 Å². The highest BCUT2D eigenvalue weighted by atomic mass is 79.9. The fourth-order valence-electron chi connectivity index (χ4n) is 1.52. The number of amides is 1. The number of rotatable bonds is 5. The van der Waals surface area contributed by atoms with E-state index in [9.17, 15) is 26.4 Å². The third kappa shape index (κ3) is 5.19. The third-order valence-corrected chi connectivity index (χ3v) is 4.46. The summed E-state index contributed by atoms with van der Waals surface area (Å²) in [6.07, 6.45) is -4.28. The fourth-order valence-corrected chi connectivity index (χ4v) is 3.55. The minimum atomic E-state index is -4.57. The van der Waals surface area contributed by atoms with Gasteiger partial charge in [-0.2, -0.15) is 13.2 Å². The van der Waals surface area contributed by atoms with Crippen molar-refractivity contribution >= 4 is 41.6 Å². The standard InChI is InChI=1S/C10H10BrClF3NO4S/c1-2-3-16(5-10(13,14)15)9(17)6-4-7(8(11)20-6)21(12,18)19/h4H,2-3,5H2,1H3. The molecule has 0 radical (unpaired) electrons. The molecule has 0 saturated heterocycles. The van der Waals surface area contributed by atoms with Gasteiger partial charge in [0.25, 0.3) is 15.0 Å². The second-order valence-electron chi connectivity index (χ2n) is 4.03. The maximum atomic E-state index is 12.4. The van der Waals surface area contributed by atoms with Gasteiger partial charge in [-0.1, -0.05) is 6.92 Å². The average Bonchev–Trinajstić information content (AvgIpc) is 2.67. The Morgan fingerprint density at radius 1 is 1.48 bits per heavy atom. The van der Waals surface area contributed by atoms with Gasteiger partial charge in [0.15, 0.2) is 10.4 Å². The van der Waals surface area contributed by atoms with Crippen LogP contribution in [0.5, 0.6) is 0 Å². The molecule has 0 saturated carbocycles. The van der Waals surface area contributed by atoms with E-state index in [-0.39, 0.29) is 11.2 Å². The first-order valence-corrected chi connectivity index (χ1v) is 8.66. The minimum Gasteiger partial charge on any atom is -0.443 e. The van der Waals surface area contributed by atoms with Crippen LogP contribution in [0, 0.1) is 0 Å². The molecule has 1 rings (SSSR count). The quantitative estimate of drug-likeness (QED) is 0.695. The van der Waals surface area contributed by atoms with Gasteiger partial charge in [-0.05, 0) is 22.4 Å². The van der Waals surface area contributed by atoms with Crippen LogP contribution in [-0.2, 0) is 9.05 Å². The van der Waals surface area contributed by atoms with Crippen molar-refractivity contribution in [2.75, 3.05) is 13.1 Å². The lowest BCUT2D eigenvalue weighted by Gasteiger charge is -2.22. The van der Waals surface area contributed by atoms with Crippen molar-refractivity contribution in [2.45, 2.75) is 24.4 Å². The minimum absolute atomic E-state index is 0.153. The largest absolute Gasteiger partial charge is 0.443 e. The molecule has 0 spiro atoms. The van der Waals surface area contributed by atoms with Gasteiger partial charge in [-0.15, -0.1) is 0 Å². The topological polar surface area (TPSA) is 67.6 Å². The molecule has 0 aromatic carbocycles. The Balaban J connectivity index is 3.10. The van der Waals surface area contributed by atoms with Crippen molar-refractivity contribution in [3.8, 4) is 0 Å². The number of alkyl halides is 3. The van der Waals surface area contributed by atoms with Gasteiger partial charge in [0, 0.05) is 23.3 Å². The third-order valence-electron chi connectivity index (χ3n) is 2.28. The summed E-state index contributed by atoms with van der Waals surface area (Å²) in [5, 5.41) is 0. The SMILES string of the molecule is CCCN(CC(F)(F)F)C(=O)c1cc(S(=O)(=O)Cl)c(Br)o1. The monoisotopic (exact) mass is 411 g/mol. The van der Waals surface area contributed by atoms with E-state index in [0.717, 1.165) is 6.07 Å². The van der Waals surface area contributed by atoms with Crippen molar-refractivity contribution in [1.82, 2.24) is 4.90 Å². The van der Waals surface area contributed by atoms with Crippen LogP contribution >= 0.6 is 26.6 Å². The molecule has 11 heteroatoms. The zero-order valence-electron chi connectivity index (χ0n) is 10.6. The Morgan fingerprint density at radius 3 is 2.43 bits per heavy atom. The lowest BCUT2D eigenvalue weighted by atomic mass is 10.3. The fraction of sp³-hybridized carbons (Fsp3) is 0.500. The van der Waals surface area contributed by atoms with E-state index in [1.807, 2.05) is 0 Å². The van der Waals surface area contributed by atoms with Crippen molar-refractivity contribution in [1.29, 1.82) is 0 Å². The Kier molecular flexibility index (Phi) is 5.73. The average molecular weight is 413 g/mol. The summed E-state index contributed by atoms with van der Waals surface area (Å²) < 4.78 is 64.1. The molecule has 0 N–H and O–H groups in total. The number of hydrogen-bond acceptors (Lipinski definition) is 4. The van der Waals surface area contributed by atoms with Crippen LogP contribution in [0.1, 0.15) is 23.9 Å². The van der Waals surface area contributed by atoms with E-state index in [2.05, 4.69) is 15.9 Å². The van der Waals surface area contributed by atoms with E-state index in [4.69, 9.17) is 15.1 Å². The van der Waals surface area contributed by atoms with E-state index >= 15 is 0 Å². The van der Waals surface area contributed by atoms with Gasteiger partial charge in [0.05, 0.1) is 0 Å². The Bertz CT molecular complexity index is 629. The van der Waals surface area contributed by atoms with Crippen LogP contribution in [0.2, 0.25) is 0 Å². The normalized spacial score (nSPS) is 12.5. The molecule has 0 aliphatic heterocycles. The molecule has 0 bridgehead atoms. The number of furan rings is 1. The smallest absolute Gasteiger partial charge is 0.406 e. The summed E-state index contributed by atoms with van der Waals surface area (Å²) >= 11 is 2.75. The number of carbonyl (C=O) groups excluding carboxylic acids is 1. The predicted octanol–water partition coefficient (Wildman–Crippen LogP) is 3.38.